The number of aromatic nitrogens is 1. The molecule has 0 bridgehead atoms. The van der Waals surface area contributed by atoms with E-state index in [0.717, 1.165) is 22.4 Å². The number of hydrogen-bond donors (Lipinski definition) is 1. The summed E-state index contributed by atoms with van der Waals surface area (Å²) in [5.74, 6) is 0.475. The van der Waals surface area contributed by atoms with Crippen LogP contribution in [0.1, 0.15) is 52.6 Å². The SMILES string of the molecule is Cc1ccc(C(=O)c2[nH]c(C(C)C)cc2C)cc1. The second-order valence-electron chi connectivity index (χ2n) is 5.13. The largest absolute Gasteiger partial charge is 0.355 e. The van der Waals surface area contributed by atoms with Crippen molar-refractivity contribution < 1.29 is 4.79 Å². The van der Waals surface area contributed by atoms with Gasteiger partial charge in [-0.05, 0) is 31.4 Å². The standard InChI is InChI=1S/C16H19NO/c1-10(2)14-9-12(4)15(17-14)16(18)13-7-5-11(3)6-8-13/h5-10,17H,1-4H3. The quantitative estimate of drug-likeness (QED) is 0.810. The fourth-order valence-corrected chi connectivity index (χ4v) is 1.98. The second-order valence-corrected chi connectivity index (χ2v) is 5.13. The summed E-state index contributed by atoms with van der Waals surface area (Å²) in [6, 6.07) is 9.76. The molecule has 0 aliphatic heterocycles. The van der Waals surface area contributed by atoms with Gasteiger partial charge >= 0.3 is 0 Å². The van der Waals surface area contributed by atoms with Gasteiger partial charge in [-0.15, -0.1) is 0 Å². The molecule has 0 spiro atoms. The molecule has 1 aromatic carbocycles. The van der Waals surface area contributed by atoms with Crippen molar-refractivity contribution in [2.45, 2.75) is 33.6 Å². The van der Waals surface area contributed by atoms with Crippen LogP contribution in [0, 0.1) is 13.8 Å². The van der Waals surface area contributed by atoms with Gasteiger partial charge in [0.15, 0.2) is 0 Å². The van der Waals surface area contributed by atoms with Gasteiger partial charge in [-0.2, -0.15) is 0 Å². The number of aryl methyl sites for hydroxylation is 2. The van der Waals surface area contributed by atoms with Crippen LogP contribution in [-0.4, -0.2) is 10.8 Å². The van der Waals surface area contributed by atoms with Crippen LogP contribution < -0.4 is 0 Å². The molecule has 0 atom stereocenters. The van der Waals surface area contributed by atoms with Crippen molar-refractivity contribution in [3.63, 3.8) is 0 Å². The maximum Gasteiger partial charge on any atom is 0.209 e. The van der Waals surface area contributed by atoms with Gasteiger partial charge in [-0.3, -0.25) is 4.79 Å². The average Bonchev–Trinajstić information content (AvgIpc) is 2.71. The van der Waals surface area contributed by atoms with Gasteiger partial charge in [-0.25, -0.2) is 0 Å². The highest BCUT2D eigenvalue weighted by molar-refractivity contribution is 6.08. The van der Waals surface area contributed by atoms with Crippen LogP contribution in [0.5, 0.6) is 0 Å². The summed E-state index contributed by atoms with van der Waals surface area (Å²) >= 11 is 0. The zero-order chi connectivity index (χ0) is 13.3. The minimum absolute atomic E-state index is 0.0689. The first-order chi connectivity index (χ1) is 8.49. The first kappa shape index (κ1) is 12.6. The number of carbonyl (C=O) groups is 1. The summed E-state index contributed by atoms with van der Waals surface area (Å²) in [5.41, 5.74) is 4.74. The highest BCUT2D eigenvalue weighted by Crippen LogP contribution is 2.20. The highest BCUT2D eigenvalue weighted by Gasteiger charge is 2.15. The molecule has 94 valence electrons. The minimum Gasteiger partial charge on any atom is -0.355 e. The van der Waals surface area contributed by atoms with E-state index >= 15 is 0 Å². The Hall–Kier alpha value is -1.83. The van der Waals surface area contributed by atoms with Crippen molar-refractivity contribution in [1.29, 1.82) is 0 Å². The zero-order valence-corrected chi connectivity index (χ0v) is 11.4. The van der Waals surface area contributed by atoms with E-state index < -0.39 is 0 Å². The van der Waals surface area contributed by atoms with Crippen LogP contribution >= 0.6 is 0 Å². The van der Waals surface area contributed by atoms with E-state index in [0.29, 0.717) is 11.6 Å². The van der Waals surface area contributed by atoms with E-state index in [1.165, 1.54) is 0 Å². The summed E-state index contributed by atoms with van der Waals surface area (Å²) in [4.78, 5) is 15.6. The van der Waals surface area contributed by atoms with E-state index in [4.69, 9.17) is 0 Å². The average molecular weight is 241 g/mol. The van der Waals surface area contributed by atoms with Crippen LogP contribution in [0.3, 0.4) is 0 Å². The summed E-state index contributed by atoms with van der Waals surface area (Å²) in [6.45, 7) is 8.23. The number of nitrogens with one attached hydrogen (secondary N) is 1. The monoisotopic (exact) mass is 241 g/mol. The number of ketones is 1. The first-order valence-electron chi connectivity index (χ1n) is 6.30. The lowest BCUT2D eigenvalue weighted by Crippen LogP contribution is -2.04. The Labute approximate surface area is 108 Å². The molecule has 1 aromatic heterocycles. The molecule has 0 aliphatic rings. The zero-order valence-electron chi connectivity index (χ0n) is 11.4. The van der Waals surface area contributed by atoms with Gasteiger partial charge in [0.2, 0.25) is 5.78 Å². The van der Waals surface area contributed by atoms with Crippen LogP contribution in [0.4, 0.5) is 0 Å². The summed E-state index contributed by atoms with van der Waals surface area (Å²) in [7, 11) is 0. The normalized spacial score (nSPS) is 10.9. The van der Waals surface area contributed by atoms with Crippen molar-refractivity contribution in [2.24, 2.45) is 0 Å². The van der Waals surface area contributed by atoms with E-state index in [-0.39, 0.29) is 5.78 Å². The van der Waals surface area contributed by atoms with E-state index in [2.05, 4.69) is 24.9 Å². The number of rotatable bonds is 3. The molecule has 0 unspecified atom stereocenters. The Morgan fingerprint density at radius 1 is 1.11 bits per heavy atom. The van der Waals surface area contributed by atoms with Gasteiger partial charge in [0.25, 0.3) is 0 Å². The van der Waals surface area contributed by atoms with Crippen molar-refractivity contribution in [3.8, 4) is 0 Å². The van der Waals surface area contributed by atoms with Crippen LogP contribution in [0.25, 0.3) is 0 Å². The van der Waals surface area contributed by atoms with E-state index in [1.54, 1.807) is 0 Å². The molecule has 2 nitrogen and oxygen atoms in total. The Morgan fingerprint density at radius 3 is 2.22 bits per heavy atom. The Bertz CT molecular complexity index is 561. The minimum atomic E-state index is 0.0689. The molecule has 0 fully saturated rings. The third kappa shape index (κ3) is 2.37. The molecule has 2 rings (SSSR count). The first-order valence-corrected chi connectivity index (χ1v) is 6.30. The summed E-state index contributed by atoms with van der Waals surface area (Å²) < 4.78 is 0. The molecular weight excluding hydrogens is 222 g/mol. The Kier molecular flexibility index (Phi) is 3.37. The predicted molar refractivity (Wildman–Crippen MR) is 74.2 cm³/mol. The lowest BCUT2D eigenvalue weighted by Gasteiger charge is -2.02. The number of hydrogen-bond acceptors (Lipinski definition) is 1. The van der Waals surface area contributed by atoms with E-state index in [1.807, 2.05) is 38.1 Å². The van der Waals surface area contributed by atoms with Gasteiger partial charge in [0.05, 0.1) is 5.69 Å². The lowest BCUT2D eigenvalue weighted by atomic mass is 10.0. The predicted octanol–water partition coefficient (Wildman–Crippen LogP) is 3.99. The topological polar surface area (TPSA) is 32.9 Å². The molecule has 18 heavy (non-hydrogen) atoms. The van der Waals surface area contributed by atoms with Crippen molar-refractivity contribution in [2.75, 3.05) is 0 Å². The Balaban J connectivity index is 2.36. The van der Waals surface area contributed by atoms with Gasteiger partial charge < -0.3 is 4.98 Å². The van der Waals surface area contributed by atoms with Gasteiger partial charge in [0.1, 0.15) is 0 Å². The number of carbonyl (C=O) groups excluding carboxylic acids is 1. The Morgan fingerprint density at radius 2 is 1.72 bits per heavy atom. The number of aromatic amines is 1. The second kappa shape index (κ2) is 4.81. The van der Waals surface area contributed by atoms with Gasteiger partial charge in [-0.1, -0.05) is 43.7 Å². The molecule has 0 saturated heterocycles. The molecule has 1 heterocycles. The van der Waals surface area contributed by atoms with Crippen molar-refractivity contribution in [1.82, 2.24) is 4.98 Å². The summed E-state index contributed by atoms with van der Waals surface area (Å²) in [5, 5.41) is 0. The number of H-pyrrole nitrogens is 1. The molecule has 1 N–H and O–H groups in total. The maximum atomic E-state index is 12.4. The molecule has 0 amide bonds. The number of benzene rings is 1. The van der Waals surface area contributed by atoms with Crippen molar-refractivity contribution >= 4 is 5.78 Å². The summed E-state index contributed by atoms with van der Waals surface area (Å²) in [6.07, 6.45) is 0. The van der Waals surface area contributed by atoms with Crippen LogP contribution in [0.15, 0.2) is 30.3 Å². The molecule has 2 heteroatoms. The maximum absolute atomic E-state index is 12.4. The van der Waals surface area contributed by atoms with Crippen LogP contribution in [-0.2, 0) is 0 Å². The molecular formula is C16H19NO. The third-order valence-electron chi connectivity index (χ3n) is 3.20. The molecule has 0 radical (unpaired) electrons. The highest BCUT2D eigenvalue weighted by atomic mass is 16.1. The smallest absolute Gasteiger partial charge is 0.209 e. The fourth-order valence-electron chi connectivity index (χ4n) is 1.98. The molecule has 0 aliphatic carbocycles. The third-order valence-corrected chi connectivity index (χ3v) is 3.20. The van der Waals surface area contributed by atoms with E-state index in [9.17, 15) is 4.79 Å². The fraction of sp³-hybridized carbons (Fsp3) is 0.312. The molecule has 0 saturated carbocycles. The van der Waals surface area contributed by atoms with Gasteiger partial charge in [0, 0.05) is 11.3 Å². The lowest BCUT2D eigenvalue weighted by molar-refractivity contribution is 0.103. The van der Waals surface area contributed by atoms with Crippen LogP contribution in [0.2, 0.25) is 0 Å². The van der Waals surface area contributed by atoms with Crippen molar-refractivity contribution in [3.05, 3.63) is 58.4 Å². The molecule has 2 aromatic rings.